The maximum absolute atomic E-state index is 2.58. The molecule has 9 aromatic carbocycles. The van der Waals surface area contributed by atoms with Gasteiger partial charge < -0.3 is 9.80 Å². The molecule has 13 rings (SSSR count). The summed E-state index contributed by atoms with van der Waals surface area (Å²) in [6.45, 7) is 0. The smallest absolute Gasteiger partial charge is 0.0505 e. The van der Waals surface area contributed by atoms with Gasteiger partial charge in [0.05, 0.1) is 11.4 Å². The maximum atomic E-state index is 2.58. The van der Waals surface area contributed by atoms with Crippen LogP contribution in [0, 0.1) is 11.8 Å². The first-order chi connectivity index (χ1) is 31.7. The van der Waals surface area contributed by atoms with Gasteiger partial charge in [0.25, 0.3) is 0 Å². The summed E-state index contributed by atoms with van der Waals surface area (Å²) in [5.74, 6) is 1.04. The molecule has 1 aromatic heterocycles. The van der Waals surface area contributed by atoms with Crippen molar-refractivity contribution in [2.24, 2.45) is 11.8 Å². The first-order valence-electron chi connectivity index (χ1n) is 22.9. The second kappa shape index (κ2) is 15.0. The Labute approximate surface area is 379 Å². The highest BCUT2D eigenvalue weighted by Crippen LogP contribution is 2.69. The van der Waals surface area contributed by atoms with Gasteiger partial charge in [0.15, 0.2) is 0 Å². The van der Waals surface area contributed by atoms with Gasteiger partial charge in [-0.1, -0.05) is 152 Å². The van der Waals surface area contributed by atoms with Crippen LogP contribution in [0.4, 0.5) is 34.1 Å². The predicted molar refractivity (Wildman–Crippen MR) is 270 cm³/mol. The molecule has 2 nitrogen and oxygen atoms in total. The Morgan fingerprint density at radius 1 is 0.375 bits per heavy atom. The van der Waals surface area contributed by atoms with Gasteiger partial charge in [-0.25, -0.2) is 0 Å². The number of thiophene rings is 1. The SMILES string of the molecule is c1ccc(-c2ccccc2-c2ccc(N(c3ccccc3)c3cccc4c3C35c6c(cccc6N(c6ccccc6)c6ccc7c(c6)sc6ccccc67)CC3CCC5C4)cc2)cc1. The number of anilines is 6. The summed E-state index contributed by atoms with van der Waals surface area (Å²) < 4.78 is 2.66. The Balaban J connectivity index is 0.997. The minimum Gasteiger partial charge on any atom is -0.310 e. The normalized spacial score (nSPS) is 18.1. The van der Waals surface area contributed by atoms with Gasteiger partial charge in [-0.05, 0) is 149 Å². The Hall–Kier alpha value is -7.20. The fraction of sp³-hybridized carbons (Fsp3) is 0.115. The van der Waals surface area contributed by atoms with Crippen LogP contribution in [0.3, 0.4) is 0 Å². The van der Waals surface area contributed by atoms with Crippen molar-refractivity contribution in [1.29, 1.82) is 0 Å². The fourth-order valence-electron chi connectivity index (χ4n) is 12.3. The zero-order chi connectivity index (χ0) is 42.2. The van der Waals surface area contributed by atoms with Crippen molar-refractivity contribution in [1.82, 2.24) is 0 Å². The number of rotatable bonds is 8. The highest BCUT2D eigenvalue weighted by atomic mass is 32.1. The lowest BCUT2D eigenvalue weighted by Crippen LogP contribution is -2.34. The molecule has 1 saturated carbocycles. The van der Waals surface area contributed by atoms with E-state index in [0.717, 1.165) is 12.8 Å². The Bertz CT molecular complexity index is 3350. The number of benzene rings is 9. The van der Waals surface area contributed by atoms with Crippen molar-refractivity contribution in [3.05, 3.63) is 241 Å². The van der Waals surface area contributed by atoms with Crippen LogP contribution >= 0.6 is 11.3 Å². The third-order valence-electron chi connectivity index (χ3n) is 14.7. The van der Waals surface area contributed by atoms with Crippen LogP contribution in [-0.2, 0) is 18.3 Å². The number of fused-ring (bicyclic) bond motifs is 5. The van der Waals surface area contributed by atoms with Gasteiger partial charge in [-0.2, -0.15) is 0 Å². The first kappa shape index (κ1) is 37.4. The molecule has 3 unspecified atom stereocenters. The van der Waals surface area contributed by atoms with Crippen molar-refractivity contribution in [2.45, 2.75) is 31.1 Å². The molecule has 1 heterocycles. The summed E-state index contributed by atoms with van der Waals surface area (Å²) in [5.41, 5.74) is 18.2. The first-order valence-corrected chi connectivity index (χ1v) is 23.7. The van der Waals surface area contributed by atoms with E-state index in [1.54, 1.807) is 0 Å². The monoisotopic (exact) mass is 838 g/mol. The summed E-state index contributed by atoms with van der Waals surface area (Å²) in [5, 5.41) is 2.66. The van der Waals surface area contributed by atoms with E-state index in [4.69, 9.17) is 0 Å². The number of para-hydroxylation sites is 2. The molecule has 0 radical (unpaired) electrons. The standard InChI is InChI=1S/C61H46N2S/c1-4-16-41(17-5-1)51-24-10-11-25-52(51)42-30-34-49(35-31-42)62(47-20-6-2-7-21-47)55-27-14-18-43-38-45-32-33-46-39-44-19-15-28-56(60(44)61(45,46)59(43)55)63(48-22-8-3-9-23-48)50-36-37-54-53-26-12-13-29-57(53)64-58(54)40-50/h1-31,34-37,40,45-46H,32-33,38-39H2. The zero-order valence-corrected chi connectivity index (χ0v) is 36.4. The molecule has 0 saturated heterocycles. The molecule has 3 aliphatic rings. The summed E-state index contributed by atoms with van der Waals surface area (Å²) >= 11 is 1.90. The average Bonchev–Trinajstić information content (AvgIpc) is 4.10. The second-order valence-electron chi connectivity index (χ2n) is 18.0. The highest BCUT2D eigenvalue weighted by Gasteiger charge is 2.62. The van der Waals surface area contributed by atoms with Gasteiger partial charge in [0, 0.05) is 48.3 Å². The second-order valence-corrected chi connectivity index (χ2v) is 19.0. The van der Waals surface area contributed by atoms with Crippen LogP contribution in [0.25, 0.3) is 42.4 Å². The Morgan fingerprint density at radius 2 is 0.844 bits per heavy atom. The Morgan fingerprint density at radius 3 is 1.45 bits per heavy atom. The van der Waals surface area contributed by atoms with Gasteiger partial charge >= 0.3 is 0 Å². The van der Waals surface area contributed by atoms with Crippen LogP contribution in [0.1, 0.15) is 35.1 Å². The molecular formula is C61H46N2S. The predicted octanol–water partition coefficient (Wildman–Crippen LogP) is 16.8. The molecule has 1 fully saturated rings. The summed E-state index contributed by atoms with van der Waals surface area (Å²) in [4.78, 5) is 5.14. The fourth-order valence-corrected chi connectivity index (χ4v) is 13.4. The zero-order valence-electron chi connectivity index (χ0n) is 35.6. The van der Waals surface area contributed by atoms with Crippen LogP contribution in [0.5, 0.6) is 0 Å². The number of hydrogen-bond donors (Lipinski definition) is 0. The molecule has 3 aliphatic carbocycles. The lowest BCUT2D eigenvalue weighted by atomic mass is 9.68. The number of hydrogen-bond acceptors (Lipinski definition) is 3. The highest BCUT2D eigenvalue weighted by molar-refractivity contribution is 7.25. The van der Waals surface area contributed by atoms with Crippen LogP contribution in [0.2, 0.25) is 0 Å². The van der Waals surface area contributed by atoms with Gasteiger partial charge in [-0.15, -0.1) is 11.3 Å². The van der Waals surface area contributed by atoms with E-state index in [0.29, 0.717) is 11.8 Å². The van der Waals surface area contributed by atoms with E-state index in [-0.39, 0.29) is 5.41 Å². The quantitative estimate of drug-likeness (QED) is 0.150. The minimum atomic E-state index is -0.131. The van der Waals surface area contributed by atoms with Crippen molar-refractivity contribution < 1.29 is 0 Å². The van der Waals surface area contributed by atoms with Crippen molar-refractivity contribution >= 4 is 65.6 Å². The molecular weight excluding hydrogens is 793 g/mol. The molecule has 3 heteroatoms. The molecule has 0 bridgehead atoms. The lowest BCUT2D eigenvalue weighted by molar-refractivity contribution is 0.350. The molecule has 64 heavy (non-hydrogen) atoms. The third-order valence-corrected chi connectivity index (χ3v) is 15.9. The van der Waals surface area contributed by atoms with E-state index < -0.39 is 0 Å². The van der Waals surface area contributed by atoms with Crippen LogP contribution in [-0.4, -0.2) is 0 Å². The molecule has 306 valence electrons. The van der Waals surface area contributed by atoms with E-state index >= 15 is 0 Å². The molecule has 0 aliphatic heterocycles. The largest absolute Gasteiger partial charge is 0.310 e. The van der Waals surface area contributed by atoms with E-state index in [1.165, 1.54) is 112 Å². The van der Waals surface area contributed by atoms with E-state index in [9.17, 15) is 0 Å². The molecule has 1 spiro atoms. The third kappa shape index (κ3) is 5.70. The average molecular weight is 839 g/mol. The van der Waals surface area contributed by atoms with Crippen molar-refractivity contribution in [2.75, 3.05) is 9.80 Å². The van der Waals surface area contributed by atoms with E-state index in [1.807, 2.05) is 11.3 Å². The van der Waals surface area contributed by atoms with Crippen molar-refractivity contribution in [3.8, 4) is 22.3 Å². The number of nitrogens with zero attached hydrogens (tertiary/aromatic N) is 2. The minimum absolute atomic E-state index is 0.131. The van der Waals surface area contributed by atoms with Gasteiger partial charge in [0.1, 0.15) is 0 Å². The summed E-state index contributed by atoms with van der Waals surface area (Å²) in [6.07, 6.45) is 4.69. The topological polar surface area (TPSA) is 6.48 Å². The Kier molecular flexibility index (Phi) is 8.74. The maximum Gasteiger partial charge on any atom is 0.0505 e. The van der Waals surface area contributed by atoms with Crippen LogP contribution in [0.15, 0.2) is 218 Å². The molecule has 10 aromatic rings. The van der Waals surface area contributed by atoms with Gasteiger partial charge in [0.2, 0.25) is 0 Å². The van der Waals surface area contributed by atoms with Crippen LogP contribution < -0.4 is 9.80 Å². The molecule has 3 atom stereocenters. The summed E-state index contributed by atoms with van der Waals surface area (Å²) in [7, 11) is 0. The van der Waals surface area contributed by atoms with E-state index in [2.05, 4.69) is 228 Å². The summed E-state index contributed by atoms with van der Waals surface area (Å²) in [6, 6.07) is 81.4. The van der Waals surface area contributed by atoms with Crippen molar-refractivity contribution in [3.63, 3.8) is 0 Å². The van der Waals surface area contributed by atoms with Gasteiger partial charge in [-0.3, -0.25) is 0 Å². The molecule has 0 N–H and O–H groups in total. The lowest BCUT2D eigenvalue weighted by Gasteiger charge is -2.40. The molecule has 0 amide bonds.